The van der Waals surface area contributed by atoms with Gasteiger partial charge in [0.2, 0.25) is 0 Å². The molecule has 1 saturated heterocycles. The summed E-state index contributed by atoms with van der Waals surface area (Å²) in [5, 5.41) is 3.79. The van der Waals surface area contributed by atoms with Crippen LogP contribution < -0.4 is 5.32 Å². The number of likely N-dealkylation sites (tertiary alicyclic amines) is 1. The van der Waals surface area contributed by atoms with Gasteiger partial charge in [0.15, 0.2) is 0 Å². The highest BCUT2D eigenvalue weighted by atomic mass is 15.2. The van der Waals surface area contributed by atoms with E-state index in [9.17, 15) is 0 Å². The Bertz CT molecular complexity index is 443. The Morgan fingerprint density at radius 2 is 2.05 bits per heavy atom. The molecule has 1 fully saturated rings. The topological polar surface area (TPSA) is 15.3 Å². The summed E-state index contributed by atoms with van der Waals surface area (Å²) in [6.07, 6.45) is 6.65. The summed E-state index contributed by atoms with van der Waals surface area (Å²) < 4.78 is 0. The standard InChI is InChI=1S/C18H28N2/c1-3-19-18-16-11-5-4-9-15(16)10-6-12-17(18)20-13-7-8-14(20)2/h4-5,9,11,14,17-19H,3,6-8,10,12-13H2,1-2H3. The van der Waals surface area contributed by atoms with Crippen LogP contribution in [-0.4, -0.2) is 30.1 Å². The zero-order chi connectivity index (χ0) is 13.9. The van der Waals surface area contributed by atoms with Crippen LogP contribution in [0, 0.1) is 0 Å². The molecule has 0 bridgehead atoms. The molecule has 2 aliphatic rings. The number of nitrogens with one attached hydrogen (secondary N) is 1. The maximum atomic E-state index is 3.79. The minimum atomic E-state index is 0.513. The zero-order valence-corrected chi connectivity index (χ0v) is 12.9. The van der Waals surface area contributed by atoms with Gasteiger partial charge in [0, 0.05) is 18.1 Å². The van der Waals surface area contributed by atoms with E-state index in [-0.39, 0.29) is 0 Å². The lowest BCUT2D eigenvalue weighted by Gasteiger charge is -2.37. The molecule has 1 heterocycles. The van der Waals surface area contributed by atoms with E-state index in [2.05, 4.69) is 48.3 Å². The number of hydrogen-bond acceptors (Lipinski definition) is 2. The van der Waals surface area contributed by atoms with E-state index in [0.29, 0.717) is 12.1 Å². The molecular weight excluding hydrogens is 244 g/mol. The molecule has 20 heavy (non-hydrogen) atoms. The average molecular weight is 272 g/mol. The van der Waals surface area contributed by atoms with E-state index in [1.54, 1.807) is 11.1 Å². The van der Waals surface area contributed by atoms with Gasteiger partial charge in [-0.15, -0.1) is 0 Å². The Morgan fingerprint density at radius 1 is 1.20 bits per heavy atom. The maximum absolute atomic E-state index is 3.79. The number of nitrogens with zero attached hydrogens (tertiary/aromatic N) is 1. The van der Waals surface area contributed by atoms with Gasteiger partial charge in [-0.2, -0.15) is 0 Å². The van der Waals surface area contributed by atoms with Crippen molar-refractivity contribution in [3.63, 3.8) is 0 Å². The van der Waals surface area contributed by atoms with Crippen LogP contribution in [-0.2, 0) is 6.42 Å². The minimum absolute atomic E-state index is 0.513. The molecular formula is C18H28N2. The highest BCUT2D eigenvalue weighted by molar-refractivity contribution is 5.32. The van der Waals surface area contributed by atoms with Crippen molar-refractivity contribution in [3.05, 3.63) is 35.4 Å². The maximum Gasteiger partial charge on any atom is 0.0480 e. The van der Waals surface area contributed by atoms with Gasteiger partial charge in [-0.1, -0.05) is 31.2 Å². The summed E-state index contributed by atoms with van der Waals surface area (Å²) in [7, 11) is 0. The summed E-state index contributed by atoms with van der Waals surface area (Å²) in [6.45, 7) is 6.98. The highest BCUT2D eigenvalue weighted by Gasteiger charge is 2.35. The number of benzene rings is 1. The predicted molar refractivity (Wildman–Crippen MR) is 85.0 cm³/mol. The van der Waals surface area contributed by atoms with Gasteiger partial charge < -0.3 is 5.32 Å². The summed E-state index contributed by atoms with van der Waals surface area (Å²) >= 11 is 0. The number of fused-ring (bicyclic) bond motifs is 1. The highest BCUT2D eigenvalue weighted by Crippen LogP contribution is 2.35. The van der Waals surface area contributed by atoms with Crippen molar-refractivity contribution in [2.45, 2.75) is 64.1 Å². The number of likely N-dealkylation sites (N-methyl/N-ethyl adjacent to an activating group) is 1. The van der Waals surface area contributed by atoms with Crippen molar-refractivity contribution in [3.8, 4) is 0 Å². The monoisotopic (exact) mass is 272 g/mol. The van der Waals surface area contributed by atoms with Crippen LogP contribution in [0.3, 0.4) is 0 Å². The molecule has 110 valence electrons. The fraction of sp³-hybridized carbons (Fsp3) is 0.667. The summed E-state index contributed by atoms with van der Waals surface area (Å²) in [4.78, 5) is 2.77. The molecule has 0 spiro atoms. The van der Waals surface area contributed by atoms with Gasteiger partial charge in [-0.05, 0) is 63.2 Å². The van der Waals surface area contributed by atoms with Gasteiger partial charge in [0.25, 0.3) is 0 Å². The van der Waals surface area contributed by atoms with Crippen molar-refractivity contribution >= 4 is 0 Å². The minimum Gasteiger partial charge on any atom is -0.309 e. The summed E-state index contributed by atoms with van der Waals surface area (Å²) in [5.41, 5.74) is 3.11. The quantitative estimate of drug-likeness (QED) is 0.847. The van der Waals surface area contributed by atoms with Crippen molar-refractivity contribution < 1.29 is 0 Å². The second-order valence-electron chi connectivity index (χ2n) is 6.42. The molecule has 1 aromatic rings. The van der Waals surface area contributed by atoms with Crippen LogP contribution in [0.25, 0.3) is 0 Å². The number of rotatable bonds is 3. The number of hydrogen-bond donors (Lipinski definition) is 1. The molecule has 0 aromatic heterocycles. The van der Waals surface area contributed by atoms with E-state index in [0.717, 1.165) is 12.6 Å². The fourth-order valence-corrected chi connectivity index (χ4v) is 4.21. The fourth-order valence-electron chi connectivity index (χ4n) is 4.21. The second-order valence-corrected chi connectivity index (χ2v) is 6.42. The molecule has 1 N–H and O–H groups in total. The first-order chi connectivity index (χ1) is 9.81. The molecule has 3 rings (SSSR count). The lowest BCUT2D eigenvalue weighted by atomic mass is 9.94. The van der Waals surface area contributed by atoms with Crippen molar-refractivity contribution in [1.29, 1.82) is 0 Å². The van der Waals surface area contributed by atoms with Gasteiger partial charge in [-0.25, -0.2) is 0 Å². The Morgan fingerprint density at radius 3 is 2.80 bits per heavy atom. The Balaban J connectivity index is 1.93. The Hall–Kier alpha value is -0.860. The summed E-state index contributed by atoms with van der Waals surface area (Å²) in [6, 6.07) is 11.0. The SMILES string of the molecule is CCNC1c2ccccc2CCCC1N1CCCC1C. The smallest absolute Gasteiger partial charge is 0.0480 e. The molecule has 1 aromatic carbocycles. The third kappa shape index (κ3) is 2.64. The Kier molecular flexibility index (Phi) is 4.42. The normalized spacial score (nSPS) is 31.0. The molecule has 0 saturated carbocycles. The van der Waals surface area contributed by atoms with Crippen molar-refractivity contribution in [2.75, 3.05) is 13.1 Å². The van der Waals surface area contributed by atoms with Crippen molar-refractivity contribution in [1.82, 2.24) is 10.2 Å². The average Bonchev–Trinajstić information content (AvgIpc) is 2.80. The second kappa shape index (κ2) is 6.28. The van der Waals surface area contributed by atoms with E-state index in [4.69, 9.17) is 0 Å². The molecule has 1 aliphatic carbocycles. The number of aryl methyl sites for hydroxylation is 1. The van der Waals surface area contributed by atoms with Crippen LogP contribution in [0.2, 0.25) is 0 Å². The Labute approximate surface area is 123 Å². The molecule has 3 atom stereocenters. The molecule has 2 nitrogen and oxygen atoms in total. The predicted octanol–water partition coefficient (Wildman–Crippen LogP) is 3.53. The molecule has 3 unspecified atom stereocenters. The van der Waals surface area contributed by atoms with Crippen LogP contribution in [0.15, 0.2) is 24.3 Å². The van der Waals surface area contributed by atoms with E-state index in [1.807, 2.05) is 0 Å². The van der Waals surface area contributed by atoms with E-state index < -0.39 is 0 Å². The first kappa shape index (κ1) is 14.1. The van der Waals surface area contributed by atoms with E-state index >= 15 is 0 Å². The van der Waals surface area contributed by atoms with Gasteiger partial charge in [-0.3, -0.25) is 4.90 Å². The first-order valence-corrected chi connectivity index (χ1v) is 8.38. The summed E-state index contributed by atoms with van der Waals surface area (Å²) in [5.74, 6) is 0. The van der Waals surface area contributed by atoms with Gasteiger partial charge in [0.05, 0.1) is 0 Å². The molecule has 0 amide bonds. The van der Waals surface area contributed by atoms with Gasteiger partial charge in [0.1, 0.15) is 0 Å². The third-order valence-electron chi connectivity index (χ3n) is 5.18. The van der Waals surface area contributed by atoms with Crippen LogP contribution in [0.1, 0.15) is 56.7 Å². The van der Waals surface area contributed by atoms with Crippen molar-refractivity contribution in [2.24, 2.45) is 0 Å². The van der Waals surface area contributed by atoms with Crippen LogP contribution in [0.5, 0.6) is 0 Å². The zero-order valence-electron chi connectivity index (χ0n) is 12.9. The third-order valence-corrected chi connectivity index (χ3v) is 5.18. The largest absolute Gasteiger partial charge is 0.309 e. The molecule has 2 heteroatoms. The van der Waals surface area contributed by atoms with E-state index in [1.165, 1.54) is 38.6 Å². The van der Waals surface area contributed by atoms with Crippen LogP contribution in [0.4, 0.5) is 0 Å². The van der Waals surface area contributed by atoms with Gasteiger partial charge >= 0.3 is 0 Å². The lowest BCUT2D eigenvalue weighted by Crippen LogP contribution is -2.46. The first-order valence-electron chi connectivity index (χ1n) is 8.38. The van der Waals surface area contributed by atoms with Crippen LogP contribution >= 0.6 is 0 Å². The lowest BCUT2D eigenvalue weighted by molar-refractivity contribution is 0.142. The molecule has 1 aliphatic heterocycles. The molecule has 0 radical (unpaired) electrons.